The largest absolute Gasteiger partial charge is 0.357 e. The molecule has 0 radical (unpaired) electrons. The van der Waals surface area contributed by atoms with Crippen molar-refractivity contribution in [2.24, 2.45) is 4.99 Å². The summed E-state index contributed by atoms with van der Waals surface area (Å²) < 4.78 is 0. The standard InChI is InChI=1S/C19H31N5O.HI/c1-6-21-18(22-11-9-16-8-7-10-20-12-16)23-13-17(25)24(15(2)3)19(4,5)14-23;/h7-8,10,12,15H,6,9,11,13-14H2,1-5H3,(H,21,22);1H. The van der Waals surface area contributed by atoms with E-state index in [-0.39, 0.29) is 41.5 Å². The van der Waals surface area contributed by atoms with Crippen LogP contribution in [0.5, 0.6) is 0 Å². The molecule has 1 amide bonds. The first-order chi connectivity index (χ1) is 11.8. The number of amides is 1. The van der Waals surface area contributed by atoms with Crippen LogP contribution < -0.4 is 5.32 Å². The molecule has 0 spiro atoms. The third-order valence-corrected chi connectivity index (χ3v) is 4.36. The van der Waals surface area contributed by atoms with Gasteiger partial charge in [-0.1, -0.05) is 6.07 Å². The number of guanidine groups is 1. The van der Waals surface area contributed by atoms with Crippen LogP contribution in [0.2, 0.25) is 0 Å². The van der Waals surface area contributed by atoms with Gasteiger partial charge in [0.1, 0.15) is 0 Å². The first-order valence-electron chi connectivity index (χ1n) is 9.09. The Labute approximate surface area is 174 Å². The van der Waals surface area contributed by atoms with Gasteiger partial charge in [-0.25, -0.2) is 0 Å². The van der Waals surface area contributed by atoms with E-state index in [1.807, 2.05) is 24.1 Å². The van der Waals surface area contributed by atoms with Crippen LogP contribution in [0.1, 0.15) is 40.2 Å². The summed E-state index contributed by atoms with van der Waals surface area (Å²) in [7, 11) is 0. The van der Waals surface area contributed by atoms with Crippen molar-refractivity contribution in [1.82, 2.24) is 20.1 Å². The fraction of sp³-hybridized carbons (Fsp3) is 0.632. The van der Waals surface area contributed by atoms with Gasteiger partial charge in [-0.15, -0.1) is 24.0 Å². The predicted octanol–water partition coefficient (Wildman–Crippen LogP) is 2.54. The molecular weight excluding hydrogens is 441 g/mol. The van der Waals surface area contributed by atoms with Crippen LogP contribution in [0.25, 0.3) is 0 Å². The van der Waals surface area contributed by atoms with Gasteiger partial charge in [0.2, 0.25) is 5.91 Å². The van der Waals surface area contributed by atoms with Crippen LogP contribution in [0.4, 0.5) is 0 Å². The van der Waals surface area contributed by atoms with Crippen molar-refractivity contribution in [3.63, 3.8) is 0 Å². The van der Waals surface area contributed by atoms with E-state index in [2.05, 4.69) is 49.0 Å². The Balaban J connectivity index is 0.00000338. The minimum atomic E-state index is -0.219. The quantitative estimate of drug-likeness (QED) is 0.406. The average molecular weight is 473 g/mol. The van der Waals surface area contributed by atoms with Gasteiger partial charge in [0.05, 0.1) is 12.1 Å². The molecule has 7 heteroatoms. The highest BCUT2D eigenvalue weighted by Crippen LogP contribution is 2.24. The van der Waals surface area contributed by atoms with Gasteiger partial charge in [0.15, 0.2) is 5.96 Å². The number of nitrogens with one attached hydrogen (secondary N) is 1. The maximum atomic E-state index is 12.7. The maximum absolute atomic E-state index is 12.7. The zero-order valence-electron chi connectivity index (χ0n) is 16.5. The molecule has 0 aliphatic carbocycles. The summed E-state index contributed by atoms with van der Waals surface area (Å²) in [6.45, 7) is 13.0. The van der Waals surface area contributed by atoms with Crippen LogP contribution in [0.15, 0.2) is 29.5 Å². The van der Waals surface area contributed by atoms with Crippen molar-refractivity contribution in [2.45, 2.75) is 52.6 Å². The summed E-state index contributed by atoms with van der Waals surface area (Å²) in [5, 5.41) is 3.33. The molecule has 146 valence electrons. The average Bonchev–Trinajstić information content (AvgIpc) is 2.53. The van der Waals surface area contributed by atoms with E-state index < -0.39 is 0 Å². The molecule has 6 nitrogen and oxygen atoms in total. The molecule has 0 aromatic carbocycles. The lowest BCUT2D eigenvalue weighted by Gasteiger charge is -2.49. The number of nitrogens with zero attached hydrogens (tertiary/aromatic N) is 4. The molecule has 1 aliphatic rings. The fourth-order valence-corrected chi connectivity index (χ4v) is 3.58. The third-order valence-electron chi connectivity index (χ3n) is 4.36. The molecule has 1 N–H and O–H groups in total. The Morgan fingerprint density at radius 3 is 2.69 bits per heavy atom. The first kappa shape index (κ1) is 22.7. The minimum Gasteiger partial charge on any atom is -0.357 e. The van der Waals surface area contributed by atoms with Gasteiger partial charge in [-0.2, -0.15) is 0 Å². The second-order valence-electron chi connectivity index (χ2n) is 7.37. The Hall–Kier alpha value is -1.38. The van der Waals surface area contributed by atoms with Crippen LogP contribution >= 0.6 is 24.0 Å². The smallest absolute Gasteiger partial charge is 0.242 e. The molecule has 2 heterocycles. The van der Waals surface area contributed by atoms with E-state index in [9.17, 15) is 4.79 Å². The second kappa shape index (κ2) is 10.1. The molecule has 1 fully saturated rings. The summed E-state index contributed by atoms with van der Waals surface area (Å²) in [5.74, 6) is 0.973. The van der Waals surface area contributed by atoms with Crippen molar-refractivity contribution in [3.05, 3.63) is 30.1 Å². The monoisotopic (exact) mass is 473 g/mol. The number of aliphatic imine (C=N–C) groups is 1. The highest BCUT2D eigenvalue weighted by Gasteiger charge is 2.40. The normalized spacial score (nSPS) is 17.3. The Kier molecular flexibility index (Phi) is 8.79. The van der Waals surface area contributed by atoms with E-state index in [1.165, 1.54) is 5.56 Å². The number of halogens is 1. The Morgan fingerprint density at radius 1 is 1.42 bits per heavy atom. The second-order valence-corrected chi connectivity index (χ2v) is 7.37. The third kappa shape index (κ3) is 5.82. The van der Waals surface area contributed by atoms with Gasteiger partial charge in [0, 0.05) is 38.1 Å². The molecule has 1 aromatic heterocycles. The van der Waals surface area contributed by atoms with E-state index in [0.717, 1.165) is 25.5 Å². The minimum absolute atomic E-state index is 0. The number of carbonyl (C=O) groups excluding carboxylic acids is 1. The van der Waals surface area contributed by atoms with E-state index in [0.29, 0.717) is 13.1 Å². The van der Waals surface area contributed by atoms with Crippen molar-refractivity contribution < 1.29 is 4.79 Å². The molecule has 1 saturated heterocycles. The van der Waals surface area contributed by atoms with Crippen molar-refractivity contribution in [1.29, 1.82) is 0 Å². The summed E-state index contributed by atoms with van der Waals surface area (Å²) >= 11 is 0. The van der Waals surface area contributed by atoms with E-state index >= 15 is 0 Å². The van der Waals surface area contributed by atoms with Gasteiger partial charge < -0.3 is 15.1 Å². The molecule has 0 atom stereocenters. The van der Waals surface area contributed by atoms with E-state index in [4.69, 9.17) is 4.99 Å². The lowest BCUT2D eigenvalue weighted by Crippen LogP contribution is -2.66. The predicted molar refractivity (Wildman–Crippen MR) is 117 cm³/mol. The zero-order chi connectivity index (χ0) is 18.4. The molecule has 0 bridgehead atoms. The van der Waals surface area contributed by atoms with E-state index in [1.54, 1.807) is 6.20 Å². The van der Waals surface area contributed by atoms with Crippen molar-refractivity contribution in [2.75, 3.05) is 26.2 Å². The van der Waals surface area contributed by atoms with Gasteiger partial charge >= 0.3 is 0 Å². The highest BCUT2D eigenvalue weighted by atomic mass is 127. The SMILES string of the molecule is CCNC(=NCCc1cccnc1)N1CC(=O)N(C(C)C)C(C)(C)C1.I. The molecule has 26 heavy (non-hydrogen) atoms. The number of rotatable bonds is 5. The number of carbonyl (C=O) groups is 1. The van der Waals surface area contributed by atoms with Gasteiger partial charge in [-0.05, 0) is 52.7 Å². The Bertz CT molecular complexity index is 603. The molecular formula is C19H32IN5O. The number of hydrogen-bond donors (Lipinski definition) is 1. The van der Waals surface area contributed by atoms with Crippen molar-refractivity contribution >= 4 is 35.8 Å². The molecule has 0 saturated carbocycles. The summed E-state index contributed by atoms with van der Waals surface area (Å²) in [4.78, 5) is 25.6. The number of aromatic nitrogens is 1. The zero-order valence-corrected chi connectivity index (χ0v) is 18.9. The van der Waals surface area contributed by atoms with Crippen molar-refractivity contribution in [3.8, 4) is 0 Å². The van der Waals surface area contributed by atoms with Crippen LogP contribution in [-0.2, 0) is 11.2 Å². The fourth-order valence-electron chi connectivity index (χ4n) is 3.58. The summed E-state index contributed by atoms with van der Waals surface area (Å²) in [6, 6.07) is 4.20. The Morgan fingerprint density at radius 2 is 2.15 bits per heavy atom. The van der Waals surface area contributed by atoms with Gasteiger partial charge in [0.25, 0.3) is 0 Å². The number of hydrogen-bond acceptors (Lipinski definition) is 3. The van der Waals surface area contributed by atoms with Crippen LogP contribution in [0.3, 0.4) is 0 Å². The van der Waals surface area contributed by atoms with Crippen LogP contribution in [0, 0.1) is 0 Å². The van der Waals surface area contributed by atoms with Gasteiger partial charge in [-0.3, -0.25) is 14.8 Å². The van der Waals surface area contributed by atoms with Crippen LogP contribution in [-0.4, -0.2) is 64.4 Å². The molecule has 2 rings (SSSR count). The summed E-state index contributed by atoms with van der Waals surface area (Å²) in [5.41, 5.74) is 0.950. The highest BCUT2D eigenvalue weighted by molar-refractivity contribution is 14.0. The molecule has 1 aliphatic heterocycles. The maximum Gasteiger partial charge on any atom is 0.242 e. The number of piperazine rings is 1. The lowest BCUT2D eigenvalue weighted by atomic mass is 9.96. The first-order valence-corrected chi connectivity index (χ1v) is 9.09. The lowest BCUT2D eigenvalue weighted by molar-refractivity contribution is -0.145. The molecule has 0 unspecified atom stereocenters. The molecule has 1 aromatic rings. The topological polar surface area (TPSA) is 60.8 Å². The number of pyridine rings is 1. The summed E-state index contributed by atoms with van der Waals surface area (Å²) in [6.07, 6.45) is 4.49.